The highest BCUT2D eigenvalue weighted by atomic mass is 16.2. The van der Waals surface area contributed by atoms with Gasteiger partial charge in [0.25, 0.3) is 11.8 Å². The first-order chi connectivity index (χ1) is 17.8. The topological polar surface area (TPSA) is 106 Å². The molecule has 2 aromatic carbocycles. The second-order valence-corrected chi connectivity index (χ2v) is 9.58. The SMILES string of the molecule is C=C(C)C(=O)Nc1ccc(-c2c(-c3ccc(C(=O)N4CCCC4)cc3)c3c(N)ncnc3n2C)cc1C. The lowest BCUT2D eigenvalue weighted by Crippen LogP contribution is -2.27. The number of benzene rings is 2. The van der Waals surface area contributed by atoms with Crippen molar-refractivity contribution in [2.24, 2.45) is 7.05 Å². The van der Waals surface area contributed by atoms with Gasteiger partial charge in [-0.05, 0) is 67.6 Å². The molecule has 37 heavy (non-hydrogen) atoms. The minimum absolute atomic E-state index is 0.0630. The van der Waals surface area contributed by atoms with Crippen LogP contribution in [0.1, 0.15) is 35.7 Å². The molecule has 2 aromatic heterocycles. The first-order valence-electron chi connectivity index (χ1n) is 12.3. The summed E-state index contributed by atoms with van der Waals surface area (Å²) in [7, 11) is 1.95. The smallest absolute Gasteiger partial charge is 0.253 e. The van der Waals surface area contributed by atoms with Gasteiger partial charge >= 0.3 is 0 Å². The molecule has 188 valence electrons. The average Bonchev–Trinajstić information content (AvgIpc) is 3.52. The molecule has 0 saturated carbocycles. The molecule has 1 aliphatic heterocycles. The Morgan fingerprint density at radius 3 is 2.35 bits per heavy atom. The number of nitrogen functional groups attached to an aromatic ring is 1. The van der Waals surface area contributed by atoms with Gasteiger partial charge in [0.15, 0.2) is 0 Å². The van der Waals surface area contributed by atoms with Crippen LogP contribution in [0.25, 0.3) is 33.4 Å². The van der Waals surface area contributed by atoms with Gasteiger partial charge in [-0.25, -0.2) is 9.97 Å². The van der Waals surface area contributed by atoms with Crippen LogP contribution in [0.4, 0.5) is 11.5 Å². The first kappa shape index (κ1) is 24.2. The molecule has 0 bridgehead atoms. The number of nitrogens with two attached hydrogens (primary N) is 1. The van der Waals surface area contributed by atoms with E-state index in [9.17, 15) is 9.59 Å². The quantitative estimate of drug-likeness (QED) is 0.382. The normalized spacial score (nSPS) is 13.2. The van der Waals surface area contributed by atoms with Gasteiger partial charge < -0.3 is 20.5 Å². The Bertz CT molecular complexity index is 1550. The Kier molecular flexibility index (Phi) is 6.25. The molecule has 0 radical (unpaired) electrons. The van der Waals surface area contributed by atoms with Gasteiger partial charge in [0.05, 0.1) is 11.1 Å². The third kappa shape index (κ3) is 4.35. The molecule has 1 fully saturated rings. The molecule has 5 rings (SSSR count). The van der Waals surface area contributed by atoms with Crippen LogP contribution in [-0.4, -0.2) is 44.3 Å². The monoisotopic (exact) mass is 494 g/mol. The molecular weight excluding hydrogens is 464 g/mol. The third-order valence-corrected chi connectivity index (χ3v) is 6.95. The van der Waals surface area contributed by atoms with E-state index in [1.165, 1.54) is 6.33 Å². The number of likely N-dealkylation sites (tertiary alicyclic amines) is 1. The van der Waals surface area contributed by atoms with Crippen LogP contribution >= 0.6 is 0 Å². The number of anilines is 2. The summed E-state index contributed by atoms with van der Waals surface area (Å²) in [5.74, 6) is 0.238. The van der Waals surface area contributed by atoms with Crippen LogP contribution in [0.5, 0.6) is 0 Å². The van der Waals surface area contributed by atoms with Crippen LogP contribution < -0.4 is 11.1 Å². The third-order valence-electron chi connectivity index (χ3n) is 6.95. The average molecular weight is 495 g/mol. The van der Waals surface area contributed by atoms with Gasteiger partial charge in [0, 0.05) is 42.5 Å². The summed E-state index contributed by atoms with van der Waals surface area (Å²) in [5.41, 5.74) is 13.5. The number of amides is 2. The number of nitrogens with zero attached hydrogens (tertiary/aromatic N) is 4. The van der Waals surface area contributed by atoms with E-state index in [0.717, 1.165) is 65.0 Å². The summed E-state index contributed by atoms with van der Waals surface area (Å²) >= 11 is 0. The number of hydrogen-bond donors (Lipinski definition) is 2. The van der Waals surface area contributed by atoms with Gasteiger partial charge in [-0.3, -0.25) is 9.59 Å². The summed E-state index contributed by atoms with van der Waals surface area (Å²) in [6, 6.07) is 13.6. The predicted molar refractivity (Wildman–Crippen MR) is 147 cm³/mol. The fraction of sp³-hybridized carbons (Fsp3) is 0.241. The number of rotatable bonds is 5. The van der Waals surface area contributed by atoms with Gasteiger partial charge in [-0.2, -0.15) is 0 Å². The Balaban J connectivity index is 1.62. The number of carbonyl (C=O) groups is 2. The zero-order valence-electron chi connectivity index (χ0n) is 21.3. The van der Waals surface area contributed by atoms with Gasteiger partial charge in [0.2, 0.25) is 0 Å². The molecule has 0 unspecified atom stereocenters. The van der Waals surface area contributed by atoms with Gasteiger partial charge in [-0.1, -0.05) is 24.8 Å². The Hall–Kier alpha value is -4.46. The standard InChI is InChI=1S/C29H30N6O2/c1-17(2)28(36)33-22-12-11-21(15-18(22)3)25-23(24-26(30)31-16-32-27(24)34(25)4)19-7-9-20(10-8-19)29(37)35-13-5-6-14-35/h7-12,15-16H,1,5-6,13-14H2,2-4H3,(H,33,36)(H2,30,31,32). The molecule has 1 saturated heterocycles. The summed E-state index contributed by atoms with van der Waals surface area (Å²) in [6.07, 6.45) is 3.57. The van der Waals surface area contributed by atoms with Gasteiger partial charge in [-0.15, -0.1) is 0 Å². The van der Waals surface area contributed by atoms with Crippen LogP contribution in [-0.2, 0) is 11.8 Å². The lowest BCUT2D eigenvalue weighted by atomic mass is 9.96. The summed E-state index contributed by atoms with van der Waals surface area (Å²) in [5, 5.41) is 3.66. The van der Waals surface area contributed by atoms with E-state index in [1.807, 2.05) is 65.9 Å². The van der Waals surface area contributed by atoms with E-state index in [-0.39, 0.29) is 11.8 Å². The van der Waals surface area contributed by atoms with Crippen molar-refractivity contribution in [3.63, 3.8) is 0 Å². The number of aryl methyl sites for hydroxylation is 2. The first-order valence-corrected chi connectivity index (χ1v) is 12.3. The van der Waals surface area contributed by atoms with Crippen molar-refractivity contribution in [3.8, 4) is 22.4 Å². The van der Waals surface area contributed by atoms with Crippen molar-refractivity contribution in [3.05, 3.63) is 72.1 Å². The fourth-order valence-electron chi connectivity index (χ4n) is 4.96. The molecule has 2 amide bonds. The highest BCUT2D eigenvalue weighted by Gasteiger charge is 2.24. The van der Waals surface area contributed by atoms with Gasteiger partial charge in [0.1, 0.15) is 17.8 Å². The zero-order chi connectivity index (χ0) is 26.3. The van der Waals surface area contributed by atoms with Crippen molar-refractivity contribution in [1.29, 1.82) is 0 Å². The van der Waals surface area contributed by atoms with E-state index in [1.54, 1.807) is 6.92 Å². The lowest BCUT2D eigenvalue weighted by molar-refractivity contribution is -0.112. The van der Waals surface area contributed by atoms with Crippen molar-refractivity contribution in [2.75, 3.05) is 24.1 Å². The molecule has 8 nitrogen and oxygen atoms in total. The van der Waals surface area contributed by atoms with E-state index < -0.39 is 0 Å². The van der Waals surface area contributed by atoms with E-state index >= 15 is 0 Å². The molecule has 4 aromatic rings. The molecular formula is C29H30N6O2. The minimum Gasteiger partial charge on any atom is -0.383 e. The predicted octanol–water partition coefficient (Wildman–Crippen LogP) is 4.94. The highest BCUT2D eigenvalue weighted by molar-refractivity contribution is 6.08. The van der Waals surface area contributed by atoms with Crippen LogP contribution in [0.2, 0.25) is 0 Å². The van der Waals surface area contributed by atoms with Crippen molar-refractivity contribution < 1.29 is 9.59 Å². The van der Waals surface area contributed by atoms with Crippen molar-refractivity contribution in [1.82, 2.24) is 19.4 Å². The molecule has 3 N–H and O–H groups in total. The molecule has 8 heteroatoms. The Labute approximate surface area is 215 Å². The molecule has 1 aliphatic rings. The number of aromatic nitrogens is 3. The Morgan fingerprint density at radius 2 is 1.70 bits per heavy atom. The van der Waals surface area contributed by atoms with Crippen LogP contribution in [0.3, 0.4) is 0 Å². The molecule has 0 atom stereocenters. The summed E-state index contributed by atoms with van der Waals surface area (Å²) in [4.78, 5) is 35.7. The van der Waals surface area contributed by atoms with Crippen LogP contribution in [0.15, 0.2) is 60.9 Å². The molecule has 0 spiro atoms. The number of hydrogen-bond acceptors (Lipinski definition) is 5. The van der Waals surface area contributed by atoms with Crippen molar-refractivity contribution in [2.45, 2.75) is 26.7 Å². The summed E-state index contributed by atoms with van der Waals surface area (Å²) in [6.45, 7) is 8.96. The van der Waals surface area contributed by atoms with E-state index in [2.05, 4.69) is 21.9 Å². The maximum absolute atomic E-state index is 12.9. The lowest BCUT2D eigenvalue weighted by Gasteiger charge is -2.16. The maximum atomic E-state index is 12.9. The number of carbonyl (C=O) groups excluding carboxylic acids is 2. The maximum Gasteiger partial charge on any atom is 0.253 e. The minimum atomic E-state index is -0.215. The second kappa shape index (κ2) is 9.54. The molecule has 3 heterocycles. The zero-order valence-corrected chi connectivity index (χ0v) is 21.3. The fourth-order valence-corrected chi connectivity index (χ4v) is 4.96. The Morgan fingerprint density at radius 1 is 1.03 bits per heavy atom. The highest BCUT2D eigenvalue weighted by Crippen LogP contribution is 2.42. The number of nitrogens with one attached hydrogen (secondary N) is 1. The van der Waals surface area contributed by atoms with Crippen LogP contribution in [0, 0.1) is 6.92 Å². The molecule has 0 aliphatic carbocycles. The van der Waals surface area contributed by atoms with Crippen molar-refractivity contribution >= 4 is 34.4 Å². The van der Waals surface area contributed by atoms with E-state index in [0.29, 0.717) is 22.6 Å². The number of fused-ring (bicyclic) bond motifs is 1. The second-order valence-electron chi connectivity index (χ2n) is 9.58. The summed E-state index contributed by atoms with van der Waals surface area (Å²) < 4.78 is 2.01. The van der Waals surface area contributed by atoms with E-state index in [4.69, 9.17) is 5.73 Å². The largest absolute Gasteiger partial charge is 0.383 e.